The number of carbonyl (C=O) groups excluding carboxylic acids is 4. The number of carbonyl (C=O) groups is 4. The molecule has 107 heavy (non-hydrogen) atoms. The van der Waals surface area contributed by atoms with E-state index in [4.69, 9.17) is 37.0 Å². The third-order valence-corrected chi connectivity index (χ3v) is 23.6. The lowest BCUT2D eigenvalue weighted by molar-refractivity contribution is -0.161. The van der Waals surface area contributed by atoms with Gasteiger partial charge in [0.15, 0.2) is 12.2 Å². The van der Waals surface area contributed by atoms with Crippen molar-refractivity contribution >= 4 is 39.5 Å². The number of phosphoric acid groups is 2. The van der Waals surface area contributed by atoms with Crippen molar-refractivity contribution in [1.29, 1.82) is 0 Å². The first-order valence-corrected chi connectivity index (χ1v) is 48.3. The second-order valence-corrected chi connectivity index (χ2v) is 35.7. The summed E-state index contributed by atoms with van der Waals surface area (Å²) in [5.74, 6) is 1.14. The Hall–Kier alpha value is -1.94. The Labute approximate surface area is 658 Å². The van der Waals surface area contributed by atoms with Gasteiger partial charge in [-0.1, -0.05) is 409 Å². The van der Waals surface area contributed by atoms with Crippen molar-refractivity contribution in [2.75, 3.05) is 39.6 Å². The Kier molecular flexibility index (Phi) is 75.3. The van der Waals surface area contributed by atoms with E-state index in [1.54, 1.807) is 0 Å². The number of aliphatic hydroxyl groups excluding tert-OH is 1. The molecule has 0 radical (unpaired) electrons. The summed E-state index contributed by atoms with van der Waals surface area (Å²) in [6.45, 7) is 14.4. The van der Waals surface area contributed by atoms with Gasteiger partial charge in [-0.05, 0) is 49.4 Å². The van der Waals surface area contributed by atoms with Crippen molar-refractivity contribution in [2.45, 2.75) is 478 Å². The van der Waals surface area contributed by atoms with Gasteiger partial charge in [0.05, 0.1) is 26.4 Å². The number of phosphoric ester groups is 2. The van der Waals surface area contributed by atoms with Crippen LogP contribution in [-0.2, 0) is 65.4 Å². The standard InChI is InChI=1S/C88H172O17P2/c1-9-79(6)65-57-49-41-35-29-23-16-14-12-13-15-17-26-32-38-44-54-62-71-88(93)105-84(75-99-86(91)69-61-53-47-46-51-59-67-81(8)11-3)77-103-107(96,97)101-73-82(89)72-100-106(94,95)102-76-83(74-98-85(90)68-60-52-43-37-31-25-20-18-22-28-34-40-48-56-64-78(4)5)104-87(92)70-63-55-45-39-33-27-21-19-24-30-36-42-50-58-66-80(7)10-2/h78-84,89H,9-77H2,1-8H3,(H,94,95)(H,96,97)/t79?,80?,81?,82-,83-,84-/m1/s1. The van der Waals surface area contributed by atoms with Gasteiger partial charge in [0, 0.05) is 25.7 Å². The molecule has 0 fully saturated rings. The summed E-state index contributed by atoms with van der Waals surface area (Å²) in [6.07, 6.45) is 66.6. The molecule has 19 heteroatoms. The number of unbranched alkanes of at least 4 members (excludes halogenated alkanes) is 48. The molecule has 0 saturated carbocycles. The second-order valence-electron chi connectivity index (χ2n) is 32.8. The molecule has 0 spiro atoms. The monoisotopic (exact) mass is 1560 g/mol. The maximum Gasteiger partial charge on any atom is 0.472 e. The molecule has 3 N–H and O–H groups in total. The Morgan fingerprint density at radius 3 is 0.664 bits per heavy atom. The van der Waals surface area contributed by atoms with Gasteiger partial charge in [-0.25, -0.2) is 9.13 Å². The van der Waals surface area contributed by atoms with E-state index in [1.807, 2.05) is 0 Å². The van der Waals surface area contributed by atoms with Crippen LogP contribution in [0.2, 0.25) is 0 Å². The summed E-state index contributed by atoms with van der Waals surface area (Å²) < 4.78 is 69.0. The molecular formula is C88H172O17P2. The first-order valence-electron chi connectivity index (χ1n) is 45.3. The third kappa shape index (κ3) is 77.8. The zero-order chi connectivity index (χ0) is 78.8. The highest BCUT2D eigenvalue weighted by molar-refractivity contribution is 7.47. The summed E-state index contributed by atoms with van der Waals surface area (Å²) in [4.78, 5) is 73.3. The first-order chi connectivity index (χ1) is 51.7. The molecule has 0 bridgehead atoms. The Bertz CT molecular complexity index is 2080. The van der Waals surface area contributed by atoms with E-state index in [2.05, 4.69) is 55.4 Å². The fraction of sp³-hybridized carbons (Fsp3) is 0.955. The molecule has 5 unspecified atom stereocenters. The highest BCUT2D eigenvalue weighted by atomic mass is 31.2. The summed E-state index contributed by atoms with van der Waals surface area (Å²) >= 11 is 0. The number of rotatable bonds is 85. The summed E-state index contributed by atoms with van der Waals surface area (Å²) in [7, 11) is -9.93. The average molecular weight is 1560 g/mol. The summed E-state index contributed by atoms with van der Waals surface area (Å²) in [6, 6.07) is 0. The fourth-order valence-electron chi connectivity index (χ4n) is 13.6. The van der Waals surface area contributed by atoms with Gasteiger partial charge in [0.1, 0.15) is 19.3 Å². The van der Waals surface area contributed by atoms with Crippen LogP contribution in [0.15, 0.2) is 0 Å². The van der Waals surface area contributed by atoms with Crippen LogP contribution >= 0.6 is 15.6 Å². The molecule has 0 rings (SSSR count). The molecule has 0 amide bonds. The van der Waals surface area contributed by atoms with E-state index in [0.717, 1.165) is 120 Å². The molecule has 0 heterocycles. The number of ether oxygens (including phenoxy) is 4. The van der Waals surface area contributed by atoms with Gasteiger partial charge in [-0.2, -0.15) is 0 Å². The molecule has 0 aromatic heterocycles. The van der Waals surface area contributed by atoms with Gasteiger partial charge in [-0.3, -0.25) is 37.3 Å². The van der Waals surface area contributed by atoms with Crippen LogP contribution in [0.4, 0.5) is 0 Å². The zero-order valence-electron chi connectivity index (χ0n) is 70.8. The molecule has 0 aromatic rings. The minimum atomic E-state index is -4.97. The number of hydrogen-bond donors (Lipinski definition) is 3. The van der Waals surface area contributed by atoms with Crippen molar-refractivity contribution in [1.82, 2.24) is 0 Å². The van der Waals surface area contributed by atoms with Crippen LogP contribution in [0.25, 0.3) is 0 Å². The molecular weight excluding hydrogens is 1390 g/mol. The fourth-order valence-corrected chi connectivity index (χ4v) is 15.2. The third-order valence-electron chi connectivity index (χ3n) is 21.7. The lowest BCUT2D eigenvalue weighted by Gasteiger charge is -2.21. The largest absolute Gasteiger partial charge is 0.472 e. The van der Waals surface area contributed by atoms with Gasteiger partial charge in [0.25, 0.3) is 0 Å². The predicted octanol–water partition coefficient (Wildman–Crippen LogP) is 26.7. The first kappa shape index (κ1) is 105. The highest BCUT2D eigenvalue weighted by Crippen LogP contribution is 2.45. The molecule has 0 aliphatic carbocycles. The quantitative estimate of drug-likeness (QED) is 0.0222. The van der Waals surface area contributed by atoms with Crippen LogP contribution in [0.3, 0.4) is 0 Å². The summed E-state index contributed by atoms with van der Waals surface area (Å²) in [5.41, 5.74) is 0. The minimum Gasteiger partial charge on any atom is -0.462 e. The van der Waals surface area contributed by atoms with Crippen molar-refractivity contribution in [2.24, 2.45) is 23.7 Å². The van der Waals surface area contributed by atoms with Crippen LogP contribution < -0.4 is 0 Å². The van der Waals surface area contributed by atoms with Crippen LogP contribution in [0.5, 0.6) is 0 Å². The summed E-state index contributed by atoms with van der Waals surface area (Å²) in [5, 5.41) is 10.7. The molecule has 17 nitrogen and oxygen atoms in total. The van der Waals surface area contributed by atoms with E-state index in [-0.39, 0.29) is 25.7 Å². The van der Waals surface area contributed by atoms with Crippen molar-refractivity contribution in [3.8, 4) is 0 Å². The van der Waals surface area contributed by atoms with Gasteiger partial charge in [0.2, 0.25) is 0 Å². The van der Waals surface area contributed by atoms with Crippen molar-refractivity contribution in [3.05, 3.63) is 0 Å². The molecule has 0 aromatic carbocycles. The smallest absolute Gasteiger partial charge is 0.462 e. The maximum atomic E-state index is 13.2. The van der Waals surface area contributed by atoms with Crippen LogP contribution in [-0.4, -0.2) is 96.7 Å². The number of aliphatic hydroxyl groups is 1. The van der Waals surface area contributed by atoms with E-state index in [1.165, 1.54) is 257 Å². The van der Waals surface area contributed by atoms with Crippen molar-refractivity contribution in [3.63, 3.8) is 0 Å². The van der Waals surface area contributed by atoms with Crippen LogP contribution in [0.1, 0.15) is 460 Å². The molecule has 0 aliphatic rings. The molecule has 8 atom stereocenters. The predicted molar refractivity (Wildman–Crippen MR) is 441 cm³/mol. The normalized spacial score (nSPS) is 14.7. The zero-order valence-corrected chi connectivity index (χ0v) is 72.6. The van der Waals surface area contributed by atoms with E-state index in [9.17, 15) is 43.2 Å². The SMILES string of the molecule is CCC(C)CCCCCCCCCCCCCCCCCCCCC(=O)O[C@H](COC(=O)CCCCCCCCC(C)CC)COP(=O)(O)OC[C@H](O)COP(=O)(O)OC[C@@H](COC(=O)CCCCCCCCCCCCCCCCC(C)C)OC(=O)CCCCCCCCCCCCCCCCC(C)CC. The second kappa shape index (κ2) is 76.7. The van der Waals surface area contributed by atoms with Gasteiger partial charge >= 0.3 is 39.5 Å². The molecule has 636 valence electrons. The topological polar surface area (TPSA) is 237 Å². The lowest BCUT2D eigenvalue weighted by atomic mass is 9.99. The molecule has 0 saturated heterocycles. The van der Waals surface area contributed by atoms with Gasteiger partial charge < -0.3 is 33.8 Å². The minimum absolute atomic E-state index is 0.107. The average Bonchev–Trinajstić information content (AvgIpc) is 0.901. The maximum absolute atomic E-state index is 13.2. The van der Waals surface area contributed by atoms with E-state index in [0.29, 0.717) is 25.7 Å². The van der Waals surface area contributed by atoms with Crippen molar-refractivity contribution < 1.29 is 80.2 Å². The Balaban J connectivity index is 5.22. The van der Waals surface area contributed by atoms with E-state index >= 15 is 0 Å². The Morgan fingerprint density at radius 1 is 0.262 bits per heavy atom. The number of hydrogen-bond acceptors (Lipinski definition) is 15. The highest BCUT2D eigenvalue weighted by Gasteiger charge is 2.31. The lowest BCUT2D eigenvalue weighted by Crippen LogP contribution is -2.30. The van der Waals surface area contributed by atoms with E-state index < -0.39 is 97.5 Å². The molecule has 0 aliphatic heterocycles. The van der Waals surface area contributed by atoms with Gasteiger partial charge in [-0.15, -0.1) is 0 Å². The number of esters is 4. The van der Waals surface area contributed by atoms with Crippen LogP contribution in [0, 0.1) is 23.7 Å². The Morgan fingerprint density at radius 2 is 0.449 bits per heavy atom.